The van der Waals surface area contributed by atoms with E-state index in [2.05, 4.69) is 20.9 Å². The Labute approximate surface area is 110 Å². The van der Waals surface area contributed by atoms with Gasteiger partial charge in [-0.05, 0) is 47.8 Å². The van der Waals surface area contributed by atoms with Crippen molar-refractivity contribution >= 4 is 21.8 Å². The third kappa shape index (κ3) is 2.86. The van der Waals surface area contributed by atoms with Crippen LogP contribution < -0.4 is 0 Å². The maximum Gasteiger partial charge on any atom is 0.272 e. The van der Waals surface area contributed by atoms with Crippen molar-refractivity contribution in [2.75, 3.05) is 6.54 Å². The summed E-state index contributed by atoms with van der Waals surface area (Å²) < 4.78 is 0.714. The van der Waals surface area contributed by atoms with Crippen LogP contribution in [0.1, 0.15) is 43.1 Å². The van der Waals surface area contributed by atoms with Gasteiger partial charge in [0.25, 0.3) is 5.91 Å². The van der Waals surface area contributed by atoms with Crippen LogP contribution in [-0.2, 0) is 0 Å². The number of nitrogens with zero attached hydrogens (tertiary/aromatic N) is 2. The highest BCUT2D eigenvalue weighted by molar-refractivity contribution is 9.10. The smallest absolute Gasteiger partial charge is 0.272 e. The Hall–Kier alpha value is -0.900. The maximum atomic E-state index is 12.4. The fraction of sp³-hybridized carbons (Fsp3) is 0.538. The van der Waals surface area contributed by atoms with Gasteiger partial charge in [0.15, 0.2) is 0 Å². The number of rotatable bonds is 3. The topological polar surface area (TPSA) is 33.2 Å². The molecule has 1 aromatic heterocycles. The number of carbonyl (C=O) groups excluding carboxylic acids is 1. The number of hydrogen-bond acceptors (Lipinski definition) is 2. The van der Waals surface area contributed by atoms with Crippen LogP contribution in [0.5, 0.6) is 0 Å². The number of carbonyl (C=O) groups is 1. The Kier molecular flexibility index (Phi) is 4.15. The lowest BCUT2D eigenvalue weighted by Gasteiger charge is -2.27. The van der Waals surface area contributed by atoms with E-state index >= 15 is 0 Å². The summed E-state index contributed by atoms with van der Waals surface area (Å²) in [5, 5.41) is 0. The van der Waals surface area contributed by atoms with Gasteiger partial charge >= 0.3 is 0 Å². The molecule has 3 nitrogen and oxygen atoms in total. The van der Waals surface area contributed by atoms with Gasteiger partial charge in [0.1, 0.15) is 10.3 Å². The van der Waals surface area contributed by atoms with Crippen molar-refractivity contribution in [2.45, 2.75) is 38.6 Å². The molecule has 0 aliphatic heterocycles. The van der Waals surface area contributed by atoms with Gasteiger partial charge in [-0.3, -0.25) is 4.79 Å². The standard InChI is InChI=1S/C13H17BrN2O/c1-2-16(10-6-3-4-7-10)13(17)11-8-5-9-12(14)15-11/h5,8-10H,2-4,6-7H2,1H3. The van der Waals surface area contributed by atoms with Gasteiger partial charge in [0.2, 0.25) is 0 Å². The Balaban J connectivity index is 2.16. The molecule has 92 valence electrons. The molecule has 0 radical (unpaired) electrons. The van der Waals surface area contributed by atoms with Crippen LogP contribution in [0.15, 0.2) is 22.8 Å². The number of amides is 1. The molecular formula is C13H17BrN2O. The molecule has 1 amide bonds. The highest BCUT2D eigenvalue weighted by Gasteiger charge is 2.26. The molecule has 0 bridgehead atoms. The summed E-state index contributed by atoms with van der Waals surface area (Å²) >= 11 is 3.30. The molecule has 1 aliphatic carbocycles. The van der Waals surface area contributed by atoms with Crippen LogP contribution in [0.25, 0.3) is 0 Å². The molecule has 1 heterocycles. The van der Waals surface area contributed by atoms with Gasteiger partial charge in [-0.2, -0.15) is 0 Å². The number of hydrogen-bond donors (Lipinski definition) is 0. The molecule has 0 atom stereocenters. The SMILES string of the molecule is CCN(C(=O)c1cccc(Br)n1)C1CCCC1. The molecular weight excluding hydrogens is 280 g/mol. The fourth-order valence-corrected chi connectivity index (χ4v) is 2.80. The van der Waals surface area contributed by atoms with Crippen molar-refractivity contribution in [3.8, 4) is 0 Å². The molecule has 0 saturated heterocycles. The molecule has 0 unspecified atom stereocenters. The summed E-state index contributed by atoms with van der Waals surface area (Å²) in [4.78, 5) is 18.6. The largest absolute Gasteiger partial charge is 0.335 e. The lowest BCUT2D eigenvalue weighted by atomic mass is 10.2. The van der Waals surface area contributed by atoms with Crippen molar-refractivity contribution in [3.05, 3.63) is 28.5 Å². The molecule has 1 aliphatic rings. The molecule has 0 aromatic carbocycles. The summed E-state index contributed by atoms with van der Waals surface area (Å²) in [5.41, 5.74) is 0.535. The Morgan fingerprint density at radius 1 is 1.47 bits per heavy atom. The quantitative estimate of drug-likeness (QED) is 0.802. The van der Waals surface area contributed by atoms with E-state index in [1.165, 1.54) is 12.8 Å². The highest BCUT2D eigenvalue weighted by atomic mass is 79.9. The van der Waals surface area contributed by atoms with E-state index in [0.717, 1.165) is 19.4 Å². The second-order valence-electron chi connectivity index (χ2n) is 4.37. The molecule has 1 saturated carbocycles. The number of halogens is 1. The summed E-state index contributed by atoms with van der Waals surface area (Å²) in [6.07, 6.45) is 4.74. The first-order valence-electron chi connectivity index (χ1n) is 6.16. The number of aromatic nitrogens is 1. The molecule has 1 fully saturated rings. The molecule has 0 spiro atoms. The minimum atomic E-state index is 0.0562. The minimum absolute atomic E-state index is 0.0562. The van der Waals surface area contributed by atoms with E-state index in [-0.39, 0.29) is 5.91 Å². The first kappa shape index (κ1) is 12.6. The zero-order chi connectivity index (χ0) is 12.3. The van der Waals surface area contributed by atoms with Gasteiger partial charge in [0, 0.05) is 12.6 Å². The van der Waals surface area contributed by atoms with Gasteiger partial charge in [-0.1, -0.05) is 18.9 Å². The monoisotopic (exact) mass is 296 g/mol. The molecule has 4 heteroatoms. The molecule has 17 heavy (non-hydrogen) atoms. The summed E-state index contributed by atoms with van der Waals surface area (Å²) in [6.45, 7) is 2.80. The van der Waals surface area contributed by atoms with E-state index in [0.29, 0.717) is 16.3 Å². The Bertz CT molecular complexity index is 402. The Morgan fingerprint density at radius 2 is 2.18 bits per heavy atom. The van der Waals surface area contributed by atoms with E-state index in [9.17, 15) is 4.79 Å². The second kappa shape index (κ2) is 5.63. The summed E-state index contributed by atoms with van der Waals surface area (Å²) in [6, 6.07) is 5.88. The predicted octanol–water partition coefficient (Wildman–Crippen LogP) is 3.25. The van der Waals surface area contributed by atoms with Gasteiger partial charge in [-0.15, -0.1) is 0 Å². The van der Waals surface area contributed by atoms with E-state index in [4.69, 9.17) is 0 Å². The predicted molar refractivity (Wildman–Crippen MR) is 70.9 cm³/mol. The lowest BCUT2D eigenvalue weighted by Crippen LogP contribution is -2.39. The number of pyridine rings is 1. The maximum absolute atomic E-state index is 12.4. The van der Waals surface area contributed by atoms with Crippen molar-refractivity contribution in [1.82, 2.24) is 9.88 Å². The van der Waals surface area contributed by atoms with Crippen molar-refractivity contribution in [1.29, 1.82) is 0 Å². The molecule has 0 N–H and O–H groups in total. The van der Waals surface area contributed by atoms with E-state index in [1.807, 2.05) is 24.0 Å². The average molecular weight is 297 g/mol. The van der Waals surface area contributed by atoms with Crippen LogP contribution in [-0.4, -0.2) is 28.4 Å². The zero-order valence-electron chi connectivity index (χ0n) is 10.0. The first-order valence-corrected chi connectivity index (χ1v) is 6.95. The van der Waals surface area contributed by atoms with Crippen molar-refractivity contribution in [3.63, 3.8) is 0 Å². The van der Waals surface area contributed by atoms with Crippen LogP contribution in [0.3, 0.4) is 0 Å². The summed E-state index contributed by atoms with van der Waals surface area (Å²) in [7, 11) is 0. The van der Waals surface area contributed by atoms with Crippen LogP contribution >= 0.6 is 15.9 Å². The third-order valence-corrected chi connectivity index (χ3v) is 3.74. The molecule has 2 rings (SSSR count). The Morgan fingerprint density at radius 3 is 2.76 bits per heavy atom. The van der Waals surface area contributed by atoms with E-state index in [1.54, 1.807) is 6.07 Å². The third-order valence-electron chi connectivity index (χ3n) is 3.30. The normalized spacial score (nSPS) is 16.1. The van der Waals surface area contributed by atoms with Crippen molar-refractivity contribution in [2.24, 2.45) is 0 Å². The van der Waals surface area contributed by atoms with Gasteiger partial charge in [0.05, 0.1) is 0 Å². The van der Waals surface area contributed by atoms with Crippen LogP contribution in [0.2, 0.25) is 0 Å². The van der Waals surface area contributed by atoms with E-state index < -0.39 is 0 Å². The highest BCUT2D eigenvalue weighted by Crippen LogP contribution is 2.24. The van der Waals surface area contributed by atoms with Crippen LogP contribution in [0, 0.1) is 0 Å². The second-order valence-corrected chi connectivity index (χ2v) is 5.19. The van der Waals surface area contributed by atoms with Crippen LogP contribution in [0.4, 0.5) is 0 Å². The fourth-order valence-electron chi connectivity index (χ4n) is 2.46. The zero-order valence-corrected chi connectivity index (χ0v) is 11.6. The van der Waals surface area contributed by atoms with Gasteiger partial charge < -0.3 is 4.90 Å². The van der Waals surface area contributed by atoms with Gasteiger partial charge in [-0.25, -0.2) is 4.98 Å². The first-order chi connectivity index (χ1) is 8.22. The summed E-state index contributed by atoms with van der Waals surface area (Å²) in [5.74, 6) is 0.0562. The average Bonchev–Trinajstić information content (AvgIpc) is 2.83. The van der Waals surface area contributed by atoms with Crippen molar-refractivity contribution < 1.29 is 4.79 Å². The lowest BCUT2D eigenvalue weighted by molar-refractivity contribution is 0.0687. The molecule has 1 aromatic rings. The minimum Gasteiger partial charge on any atom is -0.335 e.